The fourth-order valence-electron chi connectivity index (χ4n) is 4.47. The lowest BCUT2D eigenvalue weighted by atomic mass is 9.95. The van der Waals surface area contributed by atoms with Crippen LogP contribution in [0.2, 0.25) is 0 Å². The van der Waals surface area contributed by atoms with Gasteiger partial charge in [-0.15, -0.1) is 0 Å². The van der Waals surface area contributed by atoms with Gasteiger partial charge in [0.15, 0.2) is 0 Å². The Bertz CT molecular complexity index is 1340. The molecule has 0 fully saturated rings. The molecule has 158 valence electrons. The third-order valence-electron chi connectivity index (χ3n) is 6.11. The zero-order valence-corrected chi connectivity index (χ0v) is 17.4. The predicted molar refractivity (Wildman–Crippen MR) is 121 cm³/mol. The van der Waals surface area contributed by atoms with Gasteiger partial charge in [0.1, 0.15) is 5.52 Å². The minimum absolute atomic E-state index is 0.00726. The molecule has 3 N–H and O–H groups in total. The highest BCUT2D eigenvalue weighted by molar-refractivity contribution is 6.03. The van der Waals surface area contributed by atoms with Crippen molar-refractivity contribution in [3.05, 3.63) is 75.7 Å². The Hall–Kier alpha value is -3.45. The number of amides is 1. The molecule has 0 saturated carbocycles. The third-order valence-corrected chi connectivity index (χ3v) is 6.11. The summed E-state index contributed by atoms with van der Waals surface area (Å²) in [6, 6.07) is 15.8. The smallest absolute Gasteiger partial charge is 0.262 e. The minimum atomic E-state index is -0.219. The SMILES string of the molecule is Cc1[nH]nc2c1c(=O)n(CCCNC(=O)[C@@H]1Cc3ccccc3CN1)c1ccccc21. The lowest BCUT2D eigenvalue weighted by molar-refractivity contribution is -0.123. The molecule has 0 spiro atoms. The van der Waals surface area contributed by atoms with E-state index in [9.17, 15) is 9.59 Å². The lowest BCUT2D eigenvalue weighted by Gasteiger charge is -2.25. The molecule has 0 unspecified atom stereocenters. The van der Waals surface area contributed by atoms with Gasteiger partial charge in [0.2, 0.25) is 5.91 Å². The van der Waals surface area contributed by atoms with E-state index in [-0.39, 0.29) is 17.5 Å². The first-order chi connectivity index (χ1) is 15.1. The maximum atomic E-state index is 13.1. The first-order valence-corrected chi connectivity index (χ1v) is 10.7. The summed E-state index contributed by atoms with van der Waals surface area (Å²) in [6.45, 7) is 3.62. The molecular formula is C24H25N5O2. The predicted octanol–water partition coefficient (Wildman–Crippen LogP) is 2.41. The Balaban J connectivity index is 1.28. The van der Waals surface area contributed by atoms with Gasteiger partial charge in [0.05, 0.1) is 16.9 Å². The van der Waals surface area contributed by atoms with E-state index in [1.165, 1.54) is 11.1 Å². The zero-order valence-electron chi connectivity index (χ0n) is 17.4. The van der Waals surface area contributed by atoms with Crippen molar-refractivity contribution in [1.82, 2.24) is 25.4 Å². The number of aromatic amines is 1. The van der Waals surface area contributed by atoms with Crippen LogP contribution in [0.5, 0.6) is 0 Å². The van der Waals surface area contributed by atoms with Gasteiger partial charge in [0, 0.05) is 30.7 Å². The fraction of sp³-hybridized carbons (Fsp3) is 0.292. The van der Waals surface area contributed by atoms with Crippen LogP contribution in [0, 0.1) is 6.92 Å². The number of fused-ring (bicyclic) bond motifs is 4. The molecule has 1 aliphatic heterocycles. The number of carbonyl (C=O) groups excluding carboxylic acids is 1. The van der Waals surface area contributed by atoms with E-state index < -0.39 is 0 Å². The topological polar surface area (TPSA) is 91.8 Å². The number of carbonyl (C=O) groups is 1. The number of aryl methyl sites for hydroxylation is 2. The first kappa shape index (κ1) is 19.5. The van der Waals surface area contributed by atoms with Crippen molar-refractivity contribution in [1.29, 1.82) is 0 Å². The Morgan fingerprint density at radius 1 is 1.16 bits per heavy atom. The maximum Gasteiger partial charge on any atom is 0.262 e. The Kier molecular flexibility index (Phi) is 5.03. The summed E-state index contributed by atoms with van der Waals surface area (Å²) in [7, 11) is 0. The van der Waals surface area contributed by atoms with Gasteiger partial charge >= 0.3 is 0 Å². The highest BCUT2D eigenvalue weighted by atomic mass is 16.2. The normalized spacial score (nSPS) is 15.8. The van der Waals surface area contributed by atoms with Gasteiger partial charge in [-0.05, 0) is 37.0 Å². The van der Waals surface area contributed by atoms with Gasteiger partial charge in [-0.25, -0.2) is 0 Å². The molecular weight excluding hydrogens is 390 g/mol. The van der Waals surface area contributed by atoms with E-state index in [0.717, 1.165) is 16.6 Å². The summed E-state index contributed by atoms with van der Waals surface area (Å²) in [6.07, 6.45) is 1.36. The molecule has 4 aromatic rings. The van der Waals surface area contributed by atoms with Gasteiger partial charge in [-0.2, -0.15) is 5.10 Å². The van der Waals surface area contributed by atoms with E-state index in [1.54, 1.807) is 4.57 Å². The number of nitrogens with zero attached hydrogens (tertiary/aromatic N) is 2. The molecule has 2 aromatic heterocycles. The molecule has 1 atom stereocenters. The molecule has 5 rings (SSSR count). The summed E-state index contributed by atoms with van der Waals surface area (Å²) in [5.74, 6) is 0.00726. The van der Waals surface area contributed by atoms with Crippen molar-refractivity contribution in [3.8, 4) is 0 Å². The molecule has 0 bridgehead atoms. The molecule has 0 saturated heterocycles. The van der Waals surface area contributed by atoms with Crippen molar-refractivity contribution < 1.29 is 4.79 Å². The van der Waals surface area contributed by atoms with Crippen molar-refractivity contribution in [2.24, 2.45) is 0 Å². The van der Waals surface area contributed by atoms with Crippen molar-refractivity contribution in [2.75, 3.05) is 6.54 Å². The van der Waals surface area contributed by atoms with Crippen LogP contribution in [0.25, 0.3) is 21.8 Å². The number of rotatable bonds is 5. The van der Waals surface area contributed by atoms with Crippen LogP contribution in [0.3, 0.4) is 0 Å². The van der Waals surface area contributed by atoms with Crippen molar-refractivity contribution >= 4 is 27.7 Å². The van der Waals surface area contributed by atoms with Crippen LogP contribution < -0.4 is 16.2 Å². The number of aromatic nitrogens is 3. The van der Waals surface area contributed by atoms with Crippen LogP contribution in [0.4, 0.5) is 0 Å². The molecule has 0 aliphatic carbocycles. The van der Waals surface area contributed by atoms with Gasteiger partial charge in [-0.1, -0.05) is 42.5 Å². The van der Waals surface area contributed by atoms with Gasteiger partial charge < -0.3 is 15.2 Å². The molecule has 0 radical (unpaired) electrons. The molecule has 7 nitrogen and oxygen atoms in total. The number of hydrogen-bond donors (Lipinski definition) is 3. The number of H-pyrrole nitrogens is 1. The number of para-hydroxylation sites is 1. The number of benzene rings is 2. The zero-order chi connectivity index (χ0) is 21.4. The van der Waals surface area contributed by atoms with Crippen molar-refractivity contribution in [3.63, 3.8) is 0 Å². The summed E-state index contributed by atoms with van der Waals surface area (Å²) in [4.78, 5) is 25.8. The standard InChI is InChI=1S/C24H25N5O2/c1-15-21-22(28-27-15)18-9-4-5-10-20(18)29(24(21)31)12-6-11-25-23(30)19-13-16-7-2-3-8-17(16)14-26-19/h2-5,7-10,19,26H,6,11-14H2,1H3,(H,25,30)(H,27,28)/t19-/m0/s1. The van der Waals surface area contributed by atoms with E-state index >= 15 is 0 Å². The fourth-order valence-corrected chi connectivity index (χ4v) is 4.47. The lowest BCUT2D eigenvalue weighted by Crippen LogP contribution is -2.47. The molecule has 31 heavy (non-hydrogen) atoms. The van der Waals surface area contributed by atoms with E-state index in [2.05, 4.69) is 33.0 Å². The van der Waals surface area contributed by atoms with E-state index in [0.29, 0.717) is 43.4 Å². The summed E-state index contributed by atoms with van der Waals surface area (Å²) >= 11 is 0. The average molecular weight is 415 g/mol. The van der Waals surface area contributed by atoms with Crippen molar-refractivity contribution in [2.45, 2.75) is 38.9 Å². The Labute approximate surface area is 179 Å². The largest absolute Gasteiger partial charge is 0.355 e. The van der Waals surface area contributed by atoms with Gasteiger partial charge in [-0.3, -0.25) is 14.7 Å². The monoisotopic (exact) mass is 415 g/mol. The maximum absolute atomic E-state index is 13.1. The van der Waals surface area contributed by atoms with E-state index in [4.69, 9.17) is 0 Å². The molecule has 1 amide bonds. The van der Waals surface area contributed by atoms with Crippen LogP contribution in [0.15, 0.2) is 53.3 Å². The quantitative estimate of drug-likeness (QED) is 0.437. The molecule has 2 aromatic carbocycles. The van der Waals surface area contributed by atoms with Crippen LogP contribution in [0.1, 0.15) is 23.2 Å². The molecule has 3 heterocycles. The Morgan fingerprint density at radius 3 is 2.81 bits per heavy atom. The second-order valence-corrected chi connectivity index (χ2v) is 8.10. The number of hydrogen-bond acceptors (Lipinski definition) is 4. The second kappa shape index (κ2) is 8.00. The molecule has 1 aliphatic rings. The van der Waals surface area contributed by atoms with E-state index in [1.807, 2.05) is 43.3 Å². The van der Waals surface area contributed by atoms with Crippen LogP contribution in [-0.2, 0) is 24.3 Å². The summed E-state index contributed by atoms with van der Waals surface area (Å²) in [5, 5.41) is 15.2. The number of nitrogens with one attached hydrogen (secondary N) is 3. The second-order valence-electron chi connectivity index (χ2n) is 8.10. The van der Waals surface area contributed by atoms with Crippen LogP contribution in [-0.4, -0.2) is 33.3 Å². The highest BCUT2D eigenvalue weighted by Gasteiger charge is 2.23. The third kappa shape index (κ3) is 3.51. The summed E-state index contributed by atoms with van der Waals surface area (Å²) in [5.41, 5.74) is 4.79. The minimum Gasteiger partial charge on any atom is -0.355 e. The number of pyridine rings is 1. The van der Waals surface area contributed by atoms with Gasteiger partial charge in [0.25, 0.3) is 5.56 Å². The summed E-state index contributed by atoms with van der Waals surface area (Å²) < 4.78 is 1.79. The average Bonchev–Trinajstić information content (AvgIpc) is 3.20. The first-order valence-electron chi connectivity index (χ1n) is 10.7. The molecule has 7 heteroatoms. The van der Waals surface area contributed by atoms with Crippen LogP contribution >= 0.6 is 0 Å². The Morgan fingerprint density at radius 2 is 1.94 bits per heavy atom. The highest BCUT2D eigenvalue weighted by Crippen LogP contribution is 2.22.